The number of rotatable bonds is 4. The second-order valence-corrected chi connectivity index (χ2v) is 9.56. The summed E-state index contributed by atoms with van der Waals surface area (Å²) in [5.74, 6) is 0.165. The molecule has 1 saturated heterocycles. The zero-order valence-electron chi connectivity index (χ0n) is 14.7. The van der Waals surface area contributed by atoms with Crippen molar-refractivity contribution in [2.24, 2.45) is 0 Å². The van der Waals surface area contributed by atoms with E-state index in [9.17, 15) is 4.79 Å². The topological polar surface area (TPSA) is 28.5 Å². The van der Waals surface area contributed by atoms with Gasteiger partial charge in [-0.25, -0.2) is 0 Å². The standard InChI is InChI=1S/C20H21N3OS2/c1-14-6-7-16(26-14)10-21-12-18-19(13-21)23(11-15-4-3-9-25-15)20(24)17-5-2-8-22(17)18/h2-9,18-19H,10-13H2,1H3/t18-,19+/m1/s1. The smallest absolute Gasteiger partial charge is 0.271 e. The van der Waals surface area contributed by atoms with Crippen molar-refractivity contribution < 1.29 is 4.79 Å². The van der Waals surface area contributed by atoms with Gasteiger partial charge in [0.05, 0.1) is 18.6 Å². The fourth-order valence-electron chi connectivity index (χ4n) is 4.27. The molecule has 5 rings (SSSR count). The maximum atomic E-state index is 13.1. The molecule has 134 valence electrons. The molecule has 0 N–H and O–H groups in total. The summed E-state index contributed by atoms with van der Waals surface area (Å²) in [6, 6.07) is 13.2. The number of carbonyl (C=O) groups is 1. The number of carbonyl (C=O) groups excluding carboxylic acids is 1. The first-order valence-corrected chi connectivity index (χ1v) is 10.7. The van der Waals surface area contributed by atoms with E-state index in [0.717, 1.165) is 31.9 Å². The Kier molecular flexibility index (Phi) is 3.99. The van der Waals surface area contributed by atoms with Gasteiger partial charge in [0.25, 0.3) is 5.91 Å². The van der Waals surface area contributed by atoms with Crippen LogP contribution in [0.5, 0.6) is 0 Å². The highest BCUT2D eigenvalue weighted by atomic mass is 32.1. The van der Waals surface area contributed by atoms with Crippen LogP contribution in [0.2, 0.25) is 0 Å². The minimum Gasteiger partial charge on any atom is -0.337 e. The van der Waals surface area contributed by atoms with Gasteiger partial charge in [-0.05, 0) is 42.6 Å². The highest BCUT2D eigenvalue weighted by molar-refractivity contribution is 7.11. The first-order valence-electron chi connectivity index (χ1n) is 8.97. The minimum absolute atomic E-state index is 0.165. The maximum absolute atomic E-state index is 13.1. The van der Waals surface area contributed by atoms with E-state index in [0.29, 0.717) is 6.04 Å². The minimum atomic E-state index is 0.165. The molecular weight excluding hydrogens is 362 g/mol. The molecule has 6 heteroatoms. The van der Waals surface area contributed by atoms with Gasteiger partial charge >= 0.3 is 0 Å². The number of amides is 1. The highest BCUT2D eigenvalue weighted by Crippen LogP contribution is 2.36. The summed E-state index contributed by atoms with van der Waals surface area (Å²) < 4.78 is 2.21. The Morgan fingerprint density at radius 1 is 1.04 bits per heavy atom. The number of hydrogen-bond acceptors (Lipinski definition) is 4. The molecule has 0 aliphatic carbocycles. The number of nitrogens with zero attached hydrogens (tertiary/aromatic N) is 3. The summed E-state index contributed by atoms with van der Waals surface area (Å²) in [4.78, 5) is 21.7. The SMILES string of the molecule is Cc1ccc(CN2C[C@@H]3[C@H](C2)N(Cc2cccs2)C(=O)c2cccn23)s1. The molecule has 3 aromatic heterocycles. The van der Waals surface area contributed by atoms with Crippen LogP contribution in [0.4, 0.5) is 0 Å². The Labute approximate surface area is 161 Å². The summed E-state index contributed by atoms with van der Waals surface area (Å²) in [6.45, 7) is 5.79. The molecule has 2 aliphatic heterocycles. The summed E-state index contributed by atoms with van der Waals surface area (Å²) in [5, 5.41) is 2.09. The fourth-order valence-corrected chi connectivity index (χ4v) is 5.90. The zero-order valence-corrected chi connectivity index (χ0v) is 16.3. The van der Waals surface area contributed by atoms with Gasteiger partial charge in [-0.1, -0.05) is 6.07 Å². The normalized spacial score (nSPS) is 22.7. The second kappa shape index (κ2) is 6.37. The highest BCUT2D eigenvalue weighted by Gasteiger charge is 2.44. The van der Waals surface area contributed by atoms with Crippen LogP contribution in [-0.4, -0.2) is 39.4 Å². The molecule has 4 nitrogen and oxygen atoms in total. The average molecular weight is 384 g/mol. The lowest BCUT2D eigenvalue weighted by molar-refractivity contribution is 0.0559. The van der Waals surface area contributed by atoms with E-state index in [1.165, 1.54) is 14.6 Å². The lowest BCUT2D eigenvalue weighted by Gasteiger charge is -2.38. The van der Waals surface area contributed by atoms with Crippen molar-refractivity contribution in [3.05, 3.63) is 68.3 Å². The van der Waals surface area contributed by atoms with Crippen LogP contribution in [0, 0.1) is 6.92 Å². The van der Waals surface area contributed by atoms with Crippen LogP contribution in [0.15, 0.2) is 48.0 Å². The lowest BCUT2D eigenvalue weighted by Crippen LogP contribution is -2.49. The van der Waals surface area contributed by atoms with E-state index in [1.54, 1.807) is 11.3 Å². The van der Waals surface area contributed by atoms with Gasteiger partial charge in [0.1, 0.15) is 5.69 Å². The summed E-state index contributed by atoms with van der Waals surface area (Å²) in [5.41, 5.74) is 0.830. The van der Waals surface area contributed by atoms with Gasteiger partial charge in [-0.2, -0.15) is 0 Å². The Morgan fingerprint density at radius 2 is 1.92 bits per heavy atom. The van der Waals surface area contributed by atoms with Gasteiger partial charge in [0, 0.05) is 40.5 Å². The van der Waals surface area contributed by atoms with E-state index in [4.69, 9.17) is 0 Å². The molecular formula is C20H21N3OS2. The Morgan fingerprint density at radius 3 is 2.69 bits per heavy atom. The third-order valence-electron chi connectivity index (χ3n) is 5.43. The molecule has 2 atom stereocenters. The van der Waals surface area contributed by atoms with Crippen molar-refractivity contribution in [2.75, 3.05) is 13.1 Å². The quantitative estimate of drug-likeness (QED) is 0.681. The van der Waals surface area contributed by atoms with Crippen molar-refractivity contribution in [1.82, 2.24) is 14.4 Å². The number of fused-ring (bicyclic) bond motifs is 3. The number of aryl methyl sites for hydroxylation is 1. The number of likely N-dealkylation sites (tertiary alicyclic amines) is 1. The molecule has 1 amide bonds. The van der Waals surface area contributed by atoms with Crippen LogP contribution in [-0.2, 0) is 13.1 Å². The van der Waals surface area contributed by atoms with Crippen molar-refractivity contribution in [3.63, 3.8) is 0 Å². The van der Waals surface area contributed by atoms with Gasteiger partial charge in [-0.3, -0.25) is 9.69 Å². The van der Waals surface area contributed by atoms with Crippen LogP contribution >= 0.6 is 22.7 Å². The van der Waals surface area contributed by atoms with Gasteiger partial charge < -0.3 is 9.47 Å². The molecule has 5 heterocycles. The number of thiophene rings is 2. The van der Waals surface area contributed by atoms with E-state index in [1.807, 2.05) is 23.5 Å². The zero-order chi connectivity index (χ0) is 17.7. The van der Waals surface area contributed by atoms with Crippen LogP contribution < -0.4 is 0 Å². The Hall–Kier alpha value is -1.89. The van der Waals surface area contributed by atoms with Crippen LogP contribution in [0.3, 0.4) is 0 Å². The summed E-state index contributed by atoms with van der Waals surface area (Å²) in [6.07, 6.45) is 2.08. The van der Waals surface area contributed by atoms with Gasteiger partial charge in [0.15, 0.2) is 0 Å². The Bertz CT molecular complexity index is 927. The summed E-state index contributed by atoms with van der Waals surface area (Å²) >= 11 is 3.60. The third-order valence-corrected chi connectivity index (χ3v) is 7.28. The molecule has 0 spiro atoms. The van der Waals surface area contributed by atoms with Gasteiger partial charge in [-0.15, -0.1) is 22.7 Å². The average Bonchev–Trinajstić information content (AvgIpc) is 3.39. The first kappa shape index (κ1) is 16.3. The third kappa shape index (κ3) is 2.73. The molecule has 0 radical (unpaired) electrons. The van der Waals surface area contributed by atoms with Crippen LogP contribution in [0.1, 0.15) is 31.2 Å². The van der Waals surface area contributed by atoms with Crippen molar-refractivity contribution in [3.8, 4) is 0 Å². The molecule has 0 aromatic carbocycles. The van der Waals surface area contributed by atoms with Gasteiger partial charge in [0.2, 0.25) is 0 Å². The number of aromatic nitrogens is 1. The van der Waals surface area contributed by atoms with E-state index in [-0.39, 0.29) is 11.9 Å². The molecule has 0 saturated carbocycles. The first-order chi connectivity index (χ1) is 12.7. The largest absolute Gasteiger partial charge is 0.337 e. The number of hydrogen-bond donors (Lipinski definition) is 0. The second-order valence-electron chi connectivity index (χ2n) is 7.15. The fraction of sp³-hybridized carbons (Fsp3) is 0.350. The Balaban J connectivity index is 1.44. The van der Waals surface area contributed by atoms with E-state index >= 15 is 0 Å². The maximum Gasteiger partial charge on any atom is 0.271 e. The van der Waals surface area contributed by atoms with Crippen molar-refractivity contribution >= 4 is 28.6 Å². The monoisotopic (exact) mass is 383 g/mol. The molecule has 0 bridgehead atoms. The van der Waals surface area contributed by atoms with Crippen LogP contribution in [0.25, 0.3) is 0 Å². The summed E-state index contributed by atoms with van der Waals surface area (Å²) in [7, 11) is 0. The van der Waals surface area contributed by atoms with Crippen molar-refractivity contribution in [1.29, 1.82) is 0 Å². The predicted octanol–water partition coefficient (Wildman–Crippen LogP) is 4.00. The molecule has 3 aromatic rings. The predicted molar refractivity (Wildman–Crippen MR) is 106 cm³/mol. The molecule has 2 aliphatic rings. The van der Waals surface area contributed by atoms with E-state index in [2.05, 4.69) is 57.1 Å². The van der Waals surface area contributed by atoms with E-state index < -0.39 is 0 Å². The molecule has 26 heavy (non-hydrogen) atoms. The van der Waals surface area contributed by atoms with Crippen molar-refractivity contribution in [2.45, 2.75) is 32.1 Å². The molecule has 1 fully saturated rings. The lowest BCUT2D eigenvalue weighted by atomic mass is 10.1. The molecule has 0 unspecified atom stereocenters.